The summed E-state index contributed by atoms with van der Waals surface area (Å²) in [5.41, 5.74) is -0.487. The number of anilines is 1. The van der Waals surface area contributed by atoms with E-state index in [2.05, 4.69) is 10.6 Å². The van der Waals surface area contributed by atoms with Crippen molar-refractivity contribution in [2.45, 2.75) is 31.3 Å². The molecule has 0 fully saturated rings. The zero-order valence-electron chi connectivity index (χ0n) is 19.0. The number of hydrogen-bond donors (Lipinski definition) is 7. The Hall–Kier alpha value is -3.91. The van der Waals surface area contributed by atoms with E-state index in [0.29, 0.717) is 0 Å². The van der Waals surface area contributed by atoms with Gasteiger partial charge in [-0.2, -0.15) is 0 Å². The molecule has 1 aromatic carbocycles. The molecule has 1 aromatic rings. The first-order chi connectivity index (χ1) is 17.3. The topological polar surface area (TPSA) is 199 Å². The Morgan fingerprint density at radius 2 is 1.86 bits per heavy atom. The van der Waals surface area contributed by atoms with Gasteiger partial charge < -0.3 is 36.8 Å². The highest BCUT2D eigenvalue weighted by Gasteiger charge is 2.59. The van der Waals surface area contributed by atoms with Crippen LogP contribution in [-0.2, 0) is 20.8 Å². The molecule has 0 aliphatic heterocycles. The molecule has 3 aliphatic carbocycles. The van der Waals surface area contributed by atoms with Gasteiger partial charge in [0.15, 0.2) is 17.1 Å². The molecule has 11 nitrogen and oxygen atoms in total. The summed E-state index contributed by atoms with van der Waals surface area (Å²) in [6, 6.07) is 0.748. The molecule has 0 aromatic heterocycles. The minimum absolute atomic E-state index is 0.169. The number of carbonyl (C=O) groups excluding carboxylic acids is 4. The van der Waals surface area contributed by atoms with Crippen molar-refractivity contribution < 1.29 is 52.8 Å². The molecule has 0 saturated carbocycles. The number of phenols is 1. The summed E-state index contributed by atoms with van der Waals surface area (Å²) in [5.74, 6) is -10.5. The molecule has 4 rings (SSSR count). The van der Waals surface area contributed by atoms with E-state index in [1.807, 2.05) is 0 Å². The van der Waals surface area contributed by atoms with E-state index < -0.39 is 112 Å². The Bertz CT molecular complexity index is 1310. The van der Waals surface area contributed by atoms with Crippen LogP contribution in [0.5, 0.6) is 5.75 Å². The van der Waals surface area contributed by atoms with Crippen molar-refractivity contribution in [2.75, 3.05) is 18.4 Å². The number of primary amides is 1. The monoisotopic (exact) mass is 525 g/mol. The third-order valence-corrected chi connectivity index (χ3v) is 6.87. The van der Waals surface area contributed by atoms with E-state index in [1.165, 1.54) is 0 Å². The molecule has 0 bridgehead atoms. The smallest absolute Gasteiger partial charge is 0.255 e. The number of allylic oxidation sites excluding steroid dienone is 2. The van der Waals surface area contributed by atoms with E-state index in [1.54, 1.807) is 0 Å². The first-order valence-electron chi connectivity index (χ1n) is 11.1. The third kappa shape index (κ3) is 4.11. The number of aliphatic hydroxyl groups is 3. The van der Waals surface area contributed by atoms with Crippen molar-refractivity contribution in [2.24, 2.45) is 17.6 Å². The average molecular weight is 525 g/mol. The van der Waals surface area contributed by atoms with Crippen LogP contribution in [0.15, 0.2) is 28.7 Å². The number of carbonyl (C=O) groups is 4. The molecule has 3 aliphatic rings. The summed E-state index contributed by atoms with van der Waals surface area (Å²) in [6.45, 7) is -1.40. The van der Waals surface area contributed by atoms with E-state index in [0.717, 1.165) is 6.07 Å². The molecule has 0 spiro atoms. The number of hydrogen-bond acceptors (Lipinski definition) is 9. The average Bonchev–Trinajstić information content (AvgIpc) is 2.79. The van der Waals surface area contributed by atoms with E-state index in [9.17, 15) is 48.4 Å². The van der Waals surface area contributed by atoms with Gasteiger partial charge in [-0.15, -0.1) is 0 Å². The molecule has 8 N–H and O–H groups in total. The maximum atomic E-state index is 15.0. The van der Waals surface area contributed by atoms with Crippen LogP contribution in [0.3, 0.4) is 0 Å². The highest BCUT2D eigenvalue weighted by atomic mass is 19.3. The van der Waals surface area contributed by atoms with Crippen molar-refractivity contribution in [3.63, 3.8) is 0 Å². The van der Waals surface area contributed by atoms with Gasteiger partial charge in [0, 0.05) is 29.5 Å². The van der Waals surface area contributed by atoms with Crippen molar-refractivity contribution >= 4 is 29.1 Å². The van der Waals surface area contributed by atoms with Gasteiger partial charge in [-0.05, 0) is 18.8 Å². The fourth-order valence-corrected chi connectivity index (χ4v) is 5.23. The van der Waals surface area contributed by atoms with Crippen LogP contribution in [0.2, 0.25) is 0 Å². The van der Waals surface area contributed by atoms with Gasteiger partial charge >= 0.3 is 0 Å². The zero-order valence-corrected chi connectivity index (χ0v) is 19.0. The minimum atomic E-state index is -2.77. The van der Waals surface area contributed by atoms with Gasteiger partial charge in [0.05, 0.1) is 24.3 Å². The Morgan fingerprint density at radius 1 is 1.19 bits per heavy atom. The standard InChI is InChI=1S/C23H22F3N3O8/c24-10-4-11(29-14(31)6-28-5-13(25)26)18(32)16-9(10)2-7-1-8-3-12(30)17(22(27)36)21(35)23(8,37)20(34)15(7)19(16)33/h4,7-8,13,28,30,32,34,37H,1-3,5-6H2,(H2,27,36)(H,29,31)/t7?,8-,23-/m0/s1. The summed E-state index contributed by atoms with van der Waals surface area (Å²) in [4.78, 5) is 50.0. The largest absolute Gasteiger partial charge is 0.511 e. The number of nitrogens with two attached hydrogens (primary N) is 1. The summed E-state index contributed by atoms with van der Waals surface area (Å²) in [5, 5.41) is 47.2. The van der Waals surface area contributed by atoms with Gasteiger partial charge in [-0.25, -0.2) is 13.2 Å². The number of amides is 2. The van der Waals surface area contributed by atoms with Gasteiger partial charge in [-0.3, -0.25) is 19.2 Å². The van der Waals surface area contributed by atoms with Gasteiger partial charge in [0.1, 0.15) is 22.9 Å². The maximum Gasteiger partial charge on any atom is 0.255 e. The molecule has 198 valence electrons. The lowest BCUT2D eigenvalue weighted by Crippen LogP contribution is -2.57. The number of benzene rings is 1. The number of aliphatic hydroxyl groups excluding tert-OH is 2. The number of rotatable bonds is 6. The normalized spacial score (nSPS) is 25.1. The molecular formula is C23H22F3N3O8. The Labute approximate surface area is 206 Å². The molecule has 2 amide bonds. The van der Waals surface area contributed by atoms with Crippen molar-refractivity contribution in [3.8, 4) is 5.75 Å². The second kappa shape index (κ2) is 9.19. The van der Waals surface area contributed by atoms with E-state index in [-0.39, 0.29) is 18.4 Å². The Morgan fingerprint density at radius 3 is 2.49 bits per heavy atom. The second-order valence-electron chi connectivity index (χ2n) is 9.09. The molecule has 3 atom stereocenters. The molecule has 0 heterocycles. The van der Waals surface area contributed by atoms with Crippen LogP contribution in [0.4, 0.5) is 18.9 Å². The first-order valence-corrected chi connectivity index (χ1v) is 11.1. The Balaban J connectivity index is 1.74. The van der Waals surface area contributed by atoms with Crippen LogP contribution in [0.25, 0.3) is 0 Å². The number of Topliss-reactive ketones (excluding diaryl/α,β-unsaturated/α-hetero) is 2. The molecule has 0 radical (unpaired) electrons. The lowest BCUT2D eigenvalue weighted by atomic mass is 9.60. The predicted molar refractivity (Wildman–Crippen MR) is 118 cm³/mol. The highest BCUT2D eigenvalue weighted by molar-refractivity contribution is 6.24. The highest BCUT2D eigenvalue weighted by Crippen LogP contribution is 2.52. The summed E-state index contributed by atoms with van der Waals surface area (Å²) < 4.78 is 39.5. The summed E-state index contributed by atoms with van der Waals surface area (Å²) in [7, 11) is 0. The number of ketones is 2. The lowest BCUT2D eigenvalue weighted by Gasteiger charge is -2.45. The van der Waals surface area contributed by atoms with Crippen LogP contribution in [0, 0.1) is 17.7 Å². The minimum Gasteiger partial charge on any atom is -0.511 e. The van der Waals surface area contributed by atoms with E-state index >= 15 is 4.39 Å². The Kier molecular flexibility index (Phi) is 6.50. The van der Waals surface area contributed by atoms with Crippen molar-refractivity contribution in [3.05, 3.63) is 45.7 Å². The molecule has 37 heavy (non-hydrogen) atoms. The van der Waals surface area contributed by atoms with Gasteiger partial charge in [0.25, 0.3) is 12.3 Å². The third-order valence-electron chi connectivity index (χ3n) is 6.87. The fourth-order valence-electron chi connectivity index (χ4n) is 5.23. The summed E-state index contributed by atoms with van der Waals surface area (Å²) in [6.07, 6.45) is -3.57. The number of halogens is 3. The number of fused-ring (bicyclic) bond motifs is 3. The van der Waals surface area contributed by atoms with Crippen LogP contribution in [0.1, 0.15) is 28.8 Å². The number of aromatic hydroxyl groups is 1. The number of phenolic OH excluding ortho intramolecular Hbond substituents is 1. The fraction of sp³-hybridized carbons (Fsp3) is 0.391. The van der Waals surface area contributed by atoms with Gasteiger partial charge in [0.2, 0.25) is 11.7 Å². The zero-order chi connectivity index (χ0) is 27.4. The molecular weight excluding hydrogens is 503 g/mol. The summed E-state index contributed by atoms with van der Waals surface area (Å²) >= 11 is 0. The lowest BCUT2D eigenvalue weighted by molar-refractivity contribution is -0.144. The maximum absolute atomic E-state index is 15.0. The first kappa shape index (κ1) is 26.2. The molecule has 1 unspecified atom stereocenters. The number of nitrogens with one attached hydrogen (secondary N) is 2. The van der Waals surface area contributed by atoms with Crippen molar-refractivity contribution in [1.82, 2.24) is 5.32 Å². The van der Waals surface area contributed by atoms with Gasteiger partial charge in [-0.1, -0.05) is 0 Å². The van der Waals surface area contributed by atoms with Crippen LogP contribution < -0.4 is 16.4 Å². The van der Waals surface area contributed by atoms with Crippen LogP contribution >= 0.6 is 0 Å². The van der Waals surface area contributed by atoms with Crippen LogP contribution in [-0.4, -0.2) is 68.9 Å². The number of alkyl halides is 2. The quantitative estimate of drug-likeness (QED) is 0.204. The predicted octanol–water partition coefficient (Wildman–Crippen LogP) is 0.513. The van der Waals surface area contributed by atoms with E-state index in [4.69, 9.17) is 5.73 Å². The molecule has 14 heteroatoms. The van der Waals surface area contributed by atoms with Crippen molar-refractivity contribution in [1.29, 1.82) is 0 Å². The molecule has 0 saturated heterocycles. The second-order valence-corrected chi connectivity index (χ2v) is 9.09. The SMILES string of the molecule is NC(=O)C1=C(O)C[C@@H]2CC3Cc4c(F)cc(NC(=O)CNCC(F)F)c(O)c4C(=O)C3=C(O)[C@]2(O)C1=O.